The Bertz CT molecular complexity index is 409. The molecule has 0 radical (unpaired) electrons. The molecule has 1 rings (SSSR count). The number of nitrogens with one attached hydrogen (secondary N) is 1. The van der Waals surface area contributed by atoms with Crippen LogP contribution < -0.4 is 0 Å². The van der Waals surface area contributed by atoms with Crippen LogP contribution in [-0.2, 0) is 10.0 Å². The van der Waals surface area contributed by atoms with Crippen molar-refractivity contribution in [1.29, 1.82) is 0 Å². The molecule has 0 saturated carbocycles. The Hall–Kier alpha value is -0.540. The number of hydrogen-bond donors (Lipinski definition) is 1. The molecule has 0 amide bonds. The lowest BCUT2D eigenvalue weighted by Gasteiger charge is -2.19. The van der Waals surface area contributed by atoms with E-state index in [0.717, 1.165) is 16.7 Å². The van der Waals surface area contributed by atoms with Crippen molar-refractivity contribution in [2.75, 3.05) is 18.4 Å². The first kappa shape index (κ1) is 13.5. The van der Waals surface area contributed by atoms with Crippen LogP contribution in [0.4, 0.5) is 8.78 Å². The quantitative estimate of drug-likeness (QED) is 0.798. The van der Waals surface area contributed by atoms with Gasteiger partial charge in [-0.25, -0.2) is 17.2 Å². The van der Waals surface area contributed by atoms with E-state index in [9.17, 15) is 17.2 Å². The van der Waals surface area contributed by atoms with E-state index in [4.69, 9.17) is 0 Å². The van der Waals surface area contributed by atoms with E-state index in [1.165, 1.54) is 0 Å². The molecule has 0 aliphatic carbocycles. The molecule has 1 N–H and O–H groups in total. The fourth-order valence-electron chi connectivity index (χ4n) is 1.09. The second kappa shape index (κ2) is 5.69. The van der Waals surface area contributed by atoms with Crippen LogP contribution in [0.1, 0.15) is 0 Å². The molecule has 0 bridgehead atoms. The number of halogens is 3. The first-order valence-electron chi connectivity index (χ1n) is 4.31. The van der Waals surface area contributed by atoms with Crippen LogP contribution >= 0.6 is 15.9 Å². The fraction of sp³-hybridized carbons (Fsp3) is 0.571. The minimum atomic E-state index is -3.89. The van der Waals surface area contributed by atoms with Crippen molar-refractivity contribution in [3.05, 3.63) is 12.4 Å². The van der Waals surface area contributed by atoms with E-state index in [0.29, 0.717) is 0 Å². The van der Waals surface area contributed by atoms with Crippen molar-refractivity contribution in [2.24, 2.45) is 0 Å². The standard InChI is InChI=1S/C7H10BrF2N3O2S/c8-1-2-13(5-7(9)10)16(14,15)6-3-11-12-4-6/h3-4,7H,1-2,5H2,(H,11,12). The molecule has 16 heavy (non-hydrogen) atoms. The van der Waals surface area contributed by atoms with Crippen molar-refractivity contribution < 1.29 is 17.2 Å². The lowest BCUT2D eigenvalue weighted by atomic mass is 10.6. The summed E-state index contributed by atoms with van der Waals surface area (Å²) in [4.78, 5) is -0.117. The summed E-state index contributed by atoms with van der Waals surface area (Å²) in [5, 5.41) is 6.10. The molecule has 1 heterocycles. The normalized spacial score (nSPS) is 12.6. The van der Waals surface area contributed by atoms with Crippen molar-refractivity contribution in [3.63, 3.8) is 0 Å². The van der Waals surface area contributed by atoms with Gasteiger partial charge in [-0.15, -0.1) is 0 Å². The molecule has 0 unspecified atom stereocenters. The highest BCUT2D eigenvalue weighted by Gasteiger charge is 2.27. The zero-order valence-corrected chi connectivity index (χ0v) is 10.5. The van der Waals surface area contributed by atoms with E-state index in [1.807, 2.05) is 0 Å². The second-order valence-electron chi connectivity index (χ2n) is 2.88. The molecule has 1 aromatic heterocycles. The Labute approximate surface area is 100 Å². The predicted molar refractivity (Wildman–Crippen MR) is 57.1 cm³/mol. The van der Waals surface area contributed by atoms with Gasteiger partial charge in [0, 0.05) is 18.1 Å². The molecule has 92 valence electrons. The summed E-state index contributed by atoms with van der Waals surface area (Å²) in [5.74, 6) is 0. The highest BCUT2D eigenvalue weighted by Crippen LogP contribution is 2.15. The maximum atomic E-state index is 12.2. The Morgan fingerprint density at radius 3 is 2.69 bits per heavy atom. The van der Waals surface area contributed by atoms with Gasteiger partial charge in [0.1, 0.15) is 4.90 Å². The summed E-state index contributed by atoms with van der Waals surface area (Å²) in [6.45, 7) is -0.836. The molecule has 0 spiro atoms. The third-order valence-corrected chi connectivity index (χ3v) is 3.97. The van der Waals surface area contributed by atoms with Gasteiger partial charge in [-0.1, -0.05) is 15.9 Å². The molecular formula is C7H10BrF2N3O2S. The predicted octanol–water partition coefficient (Wildman–Crippen LogP) is 1.06. The number of sulfonamides is 1. The summed E-state index contributed by atoms with van der Waals surface area (Å²) < 4.78 is 48.9. The highest BCUT2D eigenvalue weighted by atomic mass is 79.9. The molecule has 1 aromatic rings. The maximum absolute atomic E-state index is 12.2. The van der Waals surface area contributed by atoms with Crippen molar-refractivity contribution in [2.45, 2.75) is 11.3 Å². The zero-order chi connectivity index (χ0) is 12.2. The summed E-state index contributed by atoms with van der Waals surface area (Å²) in [6, 6.07) is 0. The lowest BCUT2D eigenvalue weighted by molar-refractivity contribution is 0.121. The Morgan fingerprint density at radius 1 is 1.56 bits per heavy atom. The van der Waals surface area contributed by atoms with Gasteiger partial charge in [-0.2, -0.15) is 9.40 Å². The number of aromatic nitrogens is 2. The van der Waals surface area contributed by atoms with E-state index < -0.39 is 23.0 Å². The van der Waals surface area contributed by atoms with Gasteiger partial charge in [0.2, 0.25) is 10.0 Å². The van der Waals surface area contributed by atoms with Gasteiger partial charge in [0.05, 0.1) is 12.7 Å². The van der Waals surface area contributed by atoms with E-state index >= 15 is 0 Å². The lowest BCUT2D eigenvalue weighted by Crippen LogP contribution is -2.36. The first-order valence-corrected chi connectivity index (χ1v) is 6.87. The molecule has 0 aliphatic heterocycles. The average molecular weight is 318 g/mol. The number of H-pyrrole nitrogens is 1. The number of alkyl halides is 3. The summed E-state index contributed by atoms with van der Waals surface area (Å²) in [6.07, 6.45) is -0.468. The third-order valence-electron chi connectivity index (χ3n) is 1.79. The minimum Gasteiger partial charge on any atom is -0.284 e. The van der Waals surface area contributed by atoms with Gasteiger partial charge in [-0.3, -0.25) is 5.10 Å². The summed E-state index contributed by atoms with van der Waals surface area (Å²) >= 11 is 3.02. The Balaban J connectivity index is 2.93. The van der Waals surface area contributed by atoms with Crippen LogP contribution in [0.25, 0.3) is 0 Å². The largest absolute Gasteiger partial charge is 0.284 e. The number of aromatic amines is 1. The molecule has 0 saturated heterocycles. The van der Waals surface area contributed by atoms with Crippen LogP contribution in [0.2, 0.25) is 0 Å². The third kappa shape index (κ3) is 3.22. The topological polar surface area (TPSA) is 66.1 Å². The molecule has 0 aromatic carbocycles. The minimum absolute atomic E-state index is 0.0160. The van der Waals surface area contributed by atoms with Crippen molar-refractivity contribution in [1.82, 2.24) is 14.5 Å². The molecule has 0 atom stereocenters. The zero-order valence-electron chi connectivity index (χ0n) is 8.11. The van der Waals surface area contributed by atoms with Gasteiger partial charge in [0.15, 0.2) is 0 Å². The summed E-state index contributed by atoms with van der Waals surface area (Å²) in [5.41, 5.74) is 0. The number of hydrogen-bond acceptors (Lipinski definition) is 3. The van der Waals surface area contributed by atoms with Crippen LogP contribution in [0.15, 0.2) is 17.3 Å². The molecular weight excluding hydrogens is 308 g/mol. The number of nitrogens with zero attached hydrogens (tertiary/aromatic N) is 2. The van der Waals surface area contributed by atoms with Gasteiger partial charge in [-0.05, 0) is 0 Å². The Morgan fingerprint density at radius 2 is 2.25 bits per heavy atom. The van der Waals surface area contributed by atoms with Crippen LogP contribution in [-0.4, -0.2) is 47.8 Å². The summed E-state index contributed by atoms with van der Waals surface area (Å²) in [7, 11) is -3.89. The molecule has 5 nitrogen and oxygen atoms in total. The highest BCUT2D eigenvalue weighted by molar-refractivity contribution is 9.09. The first-order chi connectivity index (χ1) is 7.48. The van der Waals surface area contributed by atoms with Gasteiger partial charge < -0.3 is 0 Å². The van der Waals surface area contributed by atoms with E-state index in [1.54, 1.807) is 0 Å². The van der Waals surface area contributed by atoms with Crippen LogP contribution in [0.3, 0.4) is 0 Å². The molecule has 0 fully saturated rings. The smallest absolute Gasteiger partial charge is 0.252 e. The van der Waals surface area contributed by atoms with Gasteiger partial charge in [0.25, 0.3) is 6.43 Å². The van der Waals surface area contributed by atoms with Crippen LogP contribution in [0.5, 0.6) is 0 Å². The maximum Gasteiger partial charge on any atom is 0.252 e. The van der Waals surface area contributed by atoms with Crippen molar-refractivity contribution >= 4 is 26.0 Å². The van der Waals surface area contributed by atoms with Crippen LogP contribution in [0, 0.1) is 0 Å². The Kier molecular flexibility index (Phi) is 4.81. The monoisotopic (exact) mass is 317 g/mol. The van der Waals surface area contributed by atoms with Gasteiger partial charge >= 0.3 is 0 Å². The van der Waals surface area contributed by atoms with E-state index in [2.05, 4.69) is 26.1 Å². The molecule has 9 heteroatoms. The average Bonchev–Trinajstić information content (AvgIpc) is 2.69. The van der Waals surface area contributed by atoms with E-state index in [-0.39, 0.29) is 16.8 Å². The van der Waals surface area contributed by atoms with Crippen molar-refractivity contribution in [3.8, 4) is 0 Å². The molecule has 0 aliphatic rings. The second-order valence-corrected chi connectivity index (χ2v) is 5.61. The SMILES string of the molecule is O=S(=O)(c1cn[nH]c1)N(CCBr)CC(F)F. The number of rotatable bonds is 6. The fourth-order valence-corrected chi connectivity index (χ4v) is 3.08.